The van der Waals surface area contributed by atoms with Crippen LogP contribution in [-0.4, -0.2) is 23.3 Å². The zero-order chi connectivity index (χ0) is 16.1. The van der Waals surface area contributed by atoms with E-state index in [-0.39, 0.29) is 30.1 Å². The Morgan fingerprint density at radius 1 is 1.35 bits per heavy atom. The molecule has 2 aromatic rings. The van der Waals surface area contributed by atoms with Gasteiger partial charge in [-0.05, 0) is 24.6 Å². The molecule has 1 unspecified atom stereocenters. The van der Waals surface area contributed by atoms with Crippen LogP contribution < -0.4 is 16.4 Å². The van der Waals surface area contributed by atoms with Gasteiger partial charge in [-0.3, -0.25) is 9.59 Å². The fourth-order valence-electron chi connectivity index (χ4n) is 1.84. The predicted octanol–water partition coefficient (Wildman–Crippen LogP) is 2.99. The Morgan fingerprint density at radius 3 is 2.74 bits per heavy atom. The predicted molar refractivity (Wildman–Crippen MR) is 97.3 cm³/mol. The number of hydrogen-bond acceptors (Lipinski definition) is 5. The van der Waals surface area contributed by atoms with Crippen LogP contribution in [0.3, 0.4) is 0 Å². The summed E-state index contributed by atoms with van der Waals surface area (Å²) in [5.41, 5.74) is 6.98. The number of benzene rings is 1. The highest BCUT2D eigenvalue weighted by molar-refractivity contribution is 7.22. The van der Waals surface area contributed by atoms with Gasteiger partial charge in [0, 0.05) is 24.6 Å². The molecule has 0 saturated carbocycles. The van der Waals surface area contributed by atoms with Crippen molar-refractivity contribution in [3.63, 3.8) is 0 Å². The van der Waals surface area contributed by atoms with E-state index in [1.54, 1.807) is 13.0 Å². The first-order valence-electron chi connectivity index (χ1n) is 7.24. The molecule has 6 nitrogen and oxygen atoms in total. The van der Waals surface area contributed by atoms with Crippen molar-refractivity contribution < 1.29 is 9.59 Å². The maximum absolute atomic E-state index is 11.8. The number of fused-ring (bicyclic) bond motifs is 1. The second kappa shape index (κ2) is 8.81. The highest BCUT2D eigenvalue weighted by Gasteiger charge is 2.12. The van der Waals surface area contributed by atoms with Gasteiger partial charge in [0.25, 0.3) is 0 Å². The second-order valence-electron chi connectivity index (χ2n) is 5.13. The third-order valence-electron chi connectivity index (χ3n) is 3.18. The van der Waals surface area contributed by atoms with Gasteiger partial charge in [-0.1, -0.05) is 25.2 Å². The molecule has 2 amide bonds. The third-order valence-corrected chi connectivity index (χ3v) is 4.11. The van der Waals surface area contributed by atoms with Crippen LogP contribution >= 0.6 is 23.7 Å². The fraction of sp³-hybridized carbons (Fsp3) is 0.400. The van der Waals surface area contributed by atoms with E-state index in [0.717, 1.165) is 16.6 Å². The number of nitrogens with zero attached hydrogens (tertiary/aromatic N) is 1. The number of halogens is 1. The molecule has 0 fully saturated rings. The van der Waals surface area contributed by atoms with E-state index < -0.39 is 0 Å². The van der Waals surface area contributed by atoms with Crippen molar-refractivity contribution in [1.29, 1.82) is 0 Å². The molecule has 1 aromatic carbocycles. The summed E-state index contributed by atoms with van der Waals surface area (Å²) >= 11 is 1.39. The van der Waals surface area contributed by atoms with E-state index in [2.05, 4.69) is 15.6 Å². The first-order valence-corrected chi connectivity index (χ1v) is 8.06. The van der Waals surface area contributed by atoms with Crippen molar-refractivity contribution >= 4 is 56.6 Å². The molecule has 0 spiro atoms. The van der Waals surface area contributed by atoms with Gasteiger partial charge < -0.3 is 16.4 Å². The lowest BCUT2D eigenvalue weighted by molar-refractivity contribution is -0.119. The number of thiazole rings is 1. The van der Waals surface area contributed by atoms with E-state index in [9.17, 15) is 9.59 Å². The van der Waals surface area contributed by atoms with Crippen LogP contribution in [0.2, 0.25) is 0 Å². The lowest BCUT2D eigenvalue weighted by atomic mass is 10.1. The summed E-state index contributed by atoms with van der Waals surface area (Å²) in [6, 6.07) is 5.47. The van der Waals surface area contributed by atoms with Crippen molar-refractivity contribution in [3.05, 3.63) is 18.2 Å². The Labute approximate surface area is 145 Å². The Balaban J connectivity index is 0.00000264. The molecule has 126 valence electrons. The minimum Gasteiger partial charge on any atom is -0.330 e. The fourth-order valence-corrected chi connectivity index (χ4v) is 2.76. The molecule has 0 aliphatic rings. The van der Waals surface area contributed by atoms with Crippen LogP contribution in [0.25, 0.3) is 10.2 Å². The Kier molecular flexibility index (Phi) is 7.41. The number of hydrogen-bond donors (Lipinski definition) is 3. The summed E-state index contributed by atoms with van der Waals surface area (Å²) in [4.78, 5) is 27.8. The second-order valence-corrected chi connectivity index (χ2v) is 6.16. The molecule has 1 heterocycles. The number of carbonyl (C=O) groups excluding carboxylic acids is 2. The number of nitrogens with one attached hydrogen (secondary N) is 2. The number of carbonyl (C=O) groups is 2. The molecule has 0 aliphatic heterocycles. The Morgan fingerprint density at radius 2 is 2.09 bits per heavy atom. The topological polar surface area (TPSA) is 97.1 Å². The summed E-state index contributed by atoms with van der Waals surface area (Å²) in [5.74, 6) is -0.379. The molecule has 8 heteroatoms. The van der Waals surface area contributed by atoms with E-state index in [0.29, 0.717) is 23.8 Å². The zero-order valence-corrected chi connectivity index (χ0v) is 14.7. The highest BCUT2D eigenvalue weighted by Crippen LogP contribution is 2.28. The molecular weight excluding hydrogens is 336 g/mol. The average Bonchev–Trinajstić information content (AvgIpc) is 2.87. The van der Waals surface area contributed by atoms with Crippen molar-refractivity contribution in [2.75, 3.05) is 17.2 Å². The third kappa shape index (κ3) is 5.16. The molecule has 0 radical (unpaired) electrons. The number of rotatable bonds is 6. The molecule has 2 rings (SSSR count). The van der Waals surface area contributed by atoms with Gasteiger partial charge >= 0.3 is 0 Å². The van der Waals surface area contributed by atoms with Crippen LogP contribution in [0.1, 0.15) is 26.7 Å². The molecule has 0 saturated heterocycles. The van der Waals surface area contributed by atoms with E-state index in [4.69, 9.17) is 5.73 Å². The first-order chi connectivity index (χ1) is 10.5. The van der Waals surface area contributed by atoms with Crippen LogP contribution in [0.5, 0.6) is 0 Å². The Hall–Kier alpha value is -1.70. The van der Waals surface area contributed by atoms with Gasteiger partial charge in [0.05, 0.1) is 10.2 Å². The van der Waals surface area contributed by atoms with Gasteiger partial charge in [-0.15, -0.1) is 12.4 Å². The van der Waals surface area contributed by atoms with E-state index in [1.807, 2.05) is 19.1 Å². The van der Waals surface area contributed by atoms with Crippen molar-refractivity contribution in [2.24, 2.45) is 11.7 Å². The summed E-state index contributed by atoms with van der Waals surface area (Å²) in [6.07, 6.45) is 1.28. The molecule has 1 aromatic heterocycles. The minimum absolute atomic E-state index is 0. The van der Waals surface area contributed by atoms with Gasteiger partial charge in [0.15, 0.2) is 5.13 Å². The van der Waals surface area contributed by atoms with Gasteiger partial charge in [-0.25, -0.2) is 4.98 Å². The maximum atomic E-state index is 11.8. The highest BCUT2D eigenvalue weighted by atomic mass is 35.5. The minimum atomic E-state index is -0.235. The van der Waals surface area contributed by atoms with Crippen LogP contribution in [0, 0.1) is 5.92 Å². The number of nitrogens with two attached hydrogens (primary N) is 1. The largest absolute Gasteiger partial charge is 0.330 e. The van der Waals surface area contributed by atoms with E-state index >= 15 is 0 Å². The van der Waals surface area contributed by atoms with Crippen molar-refractivity contribution in [2.45, 2.75) is 26.7 Å². The maximum Gasteiger partial charge on any atom is 0.228 e. The monoisotopic (exact) mass is 356 g/mol. The molecule has 23 heavy (non-hydrogen) atoms. The summed E-state index contributed by atoms with van der Waals surface area (Å²) in [5, 5.41) is 6.19. The number of anilines is 2. The Bertz CT molecular complexity index is 689. The van der Waals surface area contributed by atoms with Gasteiger partial charge in [-0.2, -0.15) is 0 Å². The van der Waals surface area contributed by atoms with Crippen LogP contribution in [0.4, 0.5) is 10.8 Å². The SMILES string of the molecule is CCCC(=O)Nc1nc2ccc(NC(=O)C(C)CN)cc2s1.Cl. The van der Waals surface area contributed by atoms with Crippen molar-refractivity contribution in [3.8, 4) is 0 Å². The molecular formula is C15H21ClN4O2S. The van der Waals surface area contributed by atoms with Crippen molar-refractivity contribution in [1.82, 2.24) is 4.98 Å². The molecule has 1 atom stereocenters. The lowest BCUT2D eigenvalue weighted by Gasteiger charge is -2.09. The summed E-state index contributed by atoms with van der Waals surface area (Å²) < 4.78 is 0.907. The van der Waals surface area contributed by atoms with E-state index in [1.165, 1.54) is 11.3 Å². The average molecular weight is 357 g/mol. The van der Waals surface area contributed by atoms with Crippen LogP contribution in [-0.2, 0) is 9.59 Å². The van der Waals surface area contributed by atoms with Crippen LogP contribution in [0.15, 0.2) is 18.2 Å². The first kappa shape index (κ1) is 19.3. The molecule has 0 bridgehead atoms. The zero-order valence-electron chi connectivity index (χ0n) is 13.1. The summed E-state index contributed by atoms with van der Waals surface area (Å²) in [6.45, 7) is 4.04. The van der Waals surface area contributed by atoms with Gasteiger partial charge in [0.2, 0.25) is 11.8 Å². The smallest absolute Gasteiger partial charge is 0.228 e. The standard InChI is InChI=1S/C15H20N4O2S.ClH/c1-3-4-13(20)19-15-18-11-6-5-10(7-12(11)22-15)17-14(21)9(2)8-16;/h5-7,9H,3-4,8,16H2,1-2H3,(H,17,21)(H,18,19,20);1H. The summed E-state index contributed by atoms with van der Waals surface area (Å²) in [7, 11) is 0. The molecule has 4 N–H and O–H groups in total. The number of amides is 2. The molecule has 0 aliphatic carbocycles. The van der Waals surface area contributed by atoms with Gasteiger partial charge in [0.1, 0.15) is 0 Å². The number of aromatic nitrogens is 1. The lowest BCUT2D eigenvalue weighted by Crippen LogP contribution is -2.26. The quantitative estimate of drug-likeness (QED) is 0.741. The normalized spacial score (nSPS) is 11.6.